The molecule has 1 aliphatic rings. The lowest BCUT2D eigenvalue weighted by Gasteiger charge is -2.38. The van der Waals surface area contributed by atoms with Gasteiger partial charge in [-0.1, -0.05) is 18.2 Å². The average Bonchev–Trinajstić information content (AvgIpc) is 2.40. The summed E-state index contributed by atoms with van der Waals surface area (Å²) in [5.41, 5.74) is 0. The van der Waals surface area contributed by atoms with Gasteiger partial charge in [-0.2, -0.15) is 0 Å². The number of urea groups is 1. The van der Waals surface area contributed by atoms with Gasteiger partial charge in [0.05, 0.1) is 0 Å². The fourth-order valence-corrected chi connectivity index (χ4v) is 2.61. The van der Waals surface area contributed by atoms with Crippen molar-refractivity contribution in [1.29, 1.82) is 0 Å². The predicted molar refractivity (Wildman–Crippen MR) is 75.1 cm³/mol. The van der Waals surface area contributed by atoms with Gasteiger partial charge in [-0.3, -0.25) is 0 Å². The second-order valence-corrected chi connectivity index (χ2v) is 5.12. The number of amides is 2. The minimum atomic E-state index is -0.0318. The molecule has 1 fully saturated rings. The molecule has 1 heterocycles. The van der Waals surface area contributed by atoms with Crippen LogP contribution < -0.4 is 10.1 Å². The molecule has 1 saturated heterocycles. The molecule has 1 aromatic carbocycles. The second kappa shape index (κ2) is 6.45. The number of benzene rings is 1. The maximum absolute atomic E-state index is 12.1. The van der Waals surface area contributed by atoms with Crippen molar-refractivity contribution in [2.24, 2.45) is 0 Å². The van der Waals surface area contributed by atoms with Gasteiger partial charge >= 0.3 is 6.03 Å². The topological polar surface area (TPSA) is 41.6 Å². The lowest BCUT2D eigenvalue weighted by atomic mass is 9.98. The maximum Gasteiger partial charge on any atom is 0.320 e. The molecule has 104 valence electrons. The molecule has 4 heteroatoms. The standard InChI is InChI=1S/C15H22N2O2/c1-12-7-6-8-13(2)17(12)15(18)16-11-19-14-9-4-3-5-10-14/h3-5,9-10,12-13H,6-8,11H2,1-2H3,(H,16,18). The molecule has 0 aliphatic carbocycles. The fourth-order valence-electron chi connectivity index (χ4n) is 2.61. The minimum Gasteiger partial charge on any atom is -0.473 e. The molecule has 2 atom stereocenters. The summed E-state index contributed by atoms with van der Waals surface area (Å²) >= 11 is 0. The van der Waals surface area contributed by atoms with E-state index in [1.807, 2.05) is 35.2 Å². The molecule has 0 radical (unpaired) electrons. The van der Waals surface area contributed by atoms with Gasteiger partial charge < -0.3 is 15.0 Å². The zero-order valence-electron chi connectivity index (χ0n) is 11.6. The number of para-hydroxylation sites is 1. The summed E-state index contributed by atoms with van der Waals surface area (Å²) in [6, 6.07) is 10.1. The van der Waals surface area contributed by atoms with Crippen molar-refractivity contribution >= 4 is 6.03 Å². The summed E-state index contributed by atoms with van der Waals surface area (Å²) in [6.07, 6.45) is 3.36. The number of nitrogens with zero attached hydrogens (tertiary/aromatic N) is 1. The summed E-state index contributed by atoms with van der Waals surface area (Å²) in [5.74, 6) is 0.766. The Balaban J connectivity index is 1.80. The third-order valence-electron chi connectivity index (χ3n) is 3.63. The first-order chi connectivity index (χ1) is 9.18. The largest absolute Gasteiger partial charge is 0.473 e. The van der Waals surface area contributed by atoms with Gasteiger partial charge in [0.1, 0.15) is 5.75 Å². The Morgan fingerprint density at radius 3 is 2.53 bits per heavy atom. The van der Waals surface area contributed by atoms with Crippen molar-refractivity contribution in [3.8, 4) is 5.75 Å². The van der Waals surface area contributed by atoms with Crippen LogP contribution in [0.2, 0.25) is 0 Å². The van der Waals surface area contributed by atoms with E-state index in [9.17, 15) is 4.79 Å². The zero-order chi connectivity index (χ0) is 13.7. The molecule has 0 spiro atoms. The Hall–Kier alpha value is -1.71. The number of likely N-dealkylation sites (tertiary alicyclic amines) is 1. The van der Waals surface area contributed by atoms with E-state index < -0.39 is 0 Å². The molecule has 0 saturated carbocycles. The molecule has 2 amide bonds. The molecule has 0 bridgehead atoms. The smallest absolute Gasteiger partial charge is 0.320 e. The van der Waals surface area contributed by atoms with Crippen LogP contribution >= 0.6 is 0 Å². The number of ether oxygens (including phenoxy) is 1. The van der Waals surface area contributed by atoms with E-state index in [-0.39, 0.29) is 12.8 Å². The van der Waals surface area contributed by atoms with Crippen LogP contribution in [0.1, 0.15) is 33.1 Å². The summed E-state index contributed by atoms with van der Waals surface area (Å²) in [5, 5.41) is 2.83. The molecule has 19 heavy (non-hydrogen) atoms. The number of nitrogens with one attached hydrogen (secondary N) is 1. The van der Waals surface area contributed by atoms with Crippen LogP contribution in [-0.2, 0) is 0 Å². The normalized spacial score (nSPS) is 22.9. The van der Waals surface area contributed by atoms with Gasteiger partial charge in [0.2, 0.25) is 0 Å². The zero-order valence-corrected chi connectivity index (χ0v) is 11.6. The van der Waals surface area contributed by atoms with E-state index in [1.54, 1.807) is 0 Å². The van der Waals surface area contributed by atoms with E-state index in [2.05, 4.69) is 19.2 Å². The van der Waals surface area contributed by atoms with E-state index in [0.29, 0.717) is 12.1 Å². The molecule has 1 aliphatic heterocycles. The minimum absolute atomic E-state index is 0.0318. The summed E-state index contributed by atoms with van der Waals surface area (Å²) in [6.45, 7) is 4.42. The fraction of sp³-hybridized carbons (Fsp3) is 0.533. The van der Waals surface area contributed by atoms with Crippen molar-refractivity contribution in [3.63, 3.8) is 0 Å². The van der Waals surface area contributed by atoms with Crippen molar-refractivity contribution in [3.05, 3.63) is 30.3 Å². The molecule has 2 rings (SSSR count). The highest BCUT2D eigenvalue weighted by Crippen LogP contribution is 2.22. The summed E-state index contributed by atoms with van der Waals surface area (Å²) in [4.78, 5) is 14.1. The Kier molecular flexibility index (Phi) is 4.66. The van der Waals surface area contributed by atoms with Crippen LogP contribution in [0.25, 0.3) is 0 Å². The van der Waals surface area contributed by atoms with Gasteiger partial charge in [-0.15, -0.1) is 0 Å². The Bertz CT molecular complexity index is 398. The predicted octanol–water partition coefficient (Wildman–Crippen LogP) is 3.00. The molecule has 1 aromatic rings. The Labute approximate surface area is 114 Å². The lowest BCUT2D eigenvalue weighted by molar-refractivity contribution is 0.117. The van der Waals surface area contributed by atoms with Crippen LogP contribution in [0.15, 0.2) is 30.3 Å². The lowest BCUT2D eigenvalue weighted by Crippen LogP contribution is -2.52. The average molecular weight is 262 g/mol. The van der Waals surface area contributed by atoms with Gasteiger partial charge in [-0.05, 0) is 45.2 Å². The third-order valence-corrected chi connectivity index (χ3v) is 3.63. The highest BCUT2D eigenvalue weighted by molar-refractivity contribution is 5.74. The van der Waals surface area contributed by atoms with Crippen molar-refractivity contribution in [2.75, 3.05) is 6.73 Å². The maximum atomic E-state index is 12.1. The summed E-state index contributed by atoms with van der Waals surface area (Å²) in [7, 11) is 0. The van der Waals surface area contributed by atoms with Crippen molar-refractivity contribution in [2.45, 2.75) is 45.2 Å². The number of piperidine rings is 1. The second-order valence-electron chi connectivity index (χ2n) is 5.12. The van der Waals surface area contributed by atoms with Crippen LogP contribution in [0.3, 0.4) is 0 Å². The monoisotopic (exact) mass is 262 g/mol. The van der Waals surface area contributed by atoms with Crippen LogP contribution in [0, 0.1) is 0 Å². The Morgan fingerprint density at radius 1 is 1.26 bits per heavy atom. The van der Waals surface area contributed by atoms with Crippen LogP contribution in [-0.4, -0.2) is 29.7 Å². The van der Waals surface area contributed by atoms with E-state index >= 15 is 0 Å². The number of hydrogen-bond donors (Lipinski definition) is 1. The first-order valence-electron chi connectivity index (χ1n) is 6.92. The van der Waals surface area contributed by atoms with Gasteiger partial charge in [0.25, 0.3) is 0 Å². The molecular weight excluding hydrogens is 240 g/mol. The number of carbonyl (C=O) groups excluding carboxylic acids is 1. The first kappa shape index (κ1) is 13.7. The van der Waals surface area contributed by atoms with E-state index in [1.165, 1.54) is 6.42 Å². The van der Waals surface area contributed by atoms with Gasteiger partial charge in [0.15, 0.2) is 6.73 Å². The van der Waals surface area contributed by atoms with E-state index in [0.717, 1.165) is 18.6 Å². The van der Waals surface area contributed by atoms with Gasteiger partial charge in [-0.25, -0.2) is 4.79 Å². The van der Waals surface area contributed by atoms with Crippen LogP contribution in [0.5, 0.6) is 5.75 Å². The molecular formula is C15H22N2O2. The molecule has 4 nitrogen and oxygen atoms in total. The first-order valence-corrected chi connectivity index (χ1v) is 6.92. The quantitative estimate of drug-likeness (QED) is 0.851. The van der Waals surface area contributed by atoms with Crippen LogP contribution in [0.4, 0.5) is 4.79 Å². The highest BCUT2D eigenvalue weighted by Gasteiger charge is 2.28. The highest BCUT2D eigenvalue weighted by atomic mass is 16.5. The van der Waals surface area contributed by atoms with Crippen molar-refractivity contribution in [1.82, 2.24) is 10.2 Å². The number of carbonyl (C=O) groups is 1. The SMILES string of the molecule is CC1CCCC(C)N1C(=O)NCOc1ccccc1. The summed E-state index contributed by atoms with van der Waals surface area (Å²) < 4.78 is 5.48. The molecule has 0 aromatic heterocycles. The number of hydrogen-bond acceptors (Lipinski definition) is 2. The number of rotatable bonds is 3. The Morgan fingerprint density at radius 2 is 1.89 bits per heavy atom. The van der Waals surface area contributed by atoms with Crippen molar-refractivity contribution < 1.29 is 9.53 Å². The molecule has 2 unspecified atom stereocenters. The van der Waals surface area contributed by atoms with E-state index in [4.69, 9.17) is 4.74 Å². The third kappa shape index (κ3) is 3.63. The van der Waals surface area contributed by atoms with Gasteiger partial charge in [0, 0.05) is 12.1 Å². The molecule has 1 N–H and O–H groups in total.